The summed E-state index contributed by atoms with van der Waals surface area (Å²) in [7, 11) is 2.66. The van der Waals surface area contributed by atoms with Crippen LogP contribution in [0.2, 0.25) is 0 Å². The molecule has 0 unspecified atom stereocenters. The van der Waals surface area contributed by atoms with E-state index < -0.39 is 54.4 Å². The molecule has 1 saturated heterocycles. The third kappa shape index (κ3) is 7.70. The van der Waals surface area contributed by atoms with E-state index in [9.17, 15) is 28.8 Å². The molecule has 1 fully saturated rings. The third-order valence-corrected chi connectivity index (χ3v) is 8.03. The fraction of sp³-hybridized carbons (Fsp3) is 0.314. The van der Waals surface area contributed by atoms with E-state index in [-0.39, 0.29) is 54.7 Å². The summed E-state index contributed by atoms with van der Waals surface area (Å²) >= 11 is 0. The van der Waals surface area contributed by atoms with Gasteiger partial charge in [0.1, 0.15) is 35.7 Å². The van der Waals surface area contributed by atoms with Crippen molar-refractivity contribution in [2.24, 2.45) is 0 Å². The first-order valence-corrected chi connectivity index (χ1v) is 15.6. The first-order valence-electron chi connectivity index (χ1n) is 15.6. The van der Waals surface area contributed by atoms with Gasteiger partial charge in [-0.2, -0.15) is 0 Å². The molecule has 2 aliphatic rings. The van der Waals surface area contributed by atoms with E-state index in [1.54, 1.807) is 37.3 Å². The fourth-order valence-electron chi connectivity index (χ4n) is 5.65. The van der Waals surface area contributed by atoms with Gasteiger partial charge in [-0.15, -0.1) is 0 Å². The highest BCUT2D eigenvalue weighted by Gasteiger charge is 2.41. The normalized spacial score (nSPS) is 18.6. The average molecular weight is 673 g/mol. The molecule has 0 aromatic heterocycles. The lowest BCUT2D eigenvalue weighted by atomic mass is 10.1. The molecule has 4 amide bonds. The molecule has 3 aromatic carbocycles. The summed E-state index contributed by atoms with van der Waals surface area (Å²) < 4.78 is 21.6. The standard InChI is InChI=1S/C35H36N4O10/c1-4-29(41)38-18-23(37-33(44)32(43)31-26(46-2)15-10-16-27(31)47-3)34(45)39(25-14-9-8-13-24(25)38)19-28(40)36-22-17-30(42)49-35(22)48-20-21-11-6-5-7-12-21/h5-16,22-23,35H,4,17-20H2,1-3H3,(H,36,40)(H,37,44)/t22-,23-,35+/m0/s1. The molecule has 0 radical (unpaired) electrons. The van der Waals surface area contributed by atoms with Crippen molar-refractivity contribution < 1.29 is 47.7 Å². The molecular weight excluding hydrogens is 636 g/mol. The maximum atomic E-state index is 14.2. The highest BCUT2D eigenvalue weighted by Crippen LogP contribution is 2.34. The Labute approximate surface area is 282 Å². The number of hydrogen-bond donors (Lipinski definition) is 2. The van der Waals surface area contributed by atoms with E-state index in [2.05, 4.69) is 10.6 Å². The molecule has 0 aliphatic carbocycles. The second-order valence-electron chi connectivity index (χ2n) is 11.2. The Morgan fingerprint density at radius 1 is 0.857 bits per heavy atom. The van der Waals surface area contributed by atoms with Crippen molar-refractivity contribution >= 4 is 46.8 Å². The highest BCUT2D eigenvalue weighted by atomic mass is 16.7. The van der Waals surface area contributed by atoms with Gasteiger partial charge in [-0.3, -0.25) is 33.7 Å². The van der Waals surface area contributed by atoms with Gasteiger partial charge in [0.15, 0.2) is 0 Å². The topological polar surface area (TPSA) is 170 Å². The number of carbonyl (C=O) groups is 6. The van der Waals surface area contributed by atoms with Crippen molar-refractivity contribution in [3.8, 4) is 11.5 Å². The number of rotatable bonds is 12. The SMILES string of the molecule is CCC(=O)N1C[C@H](NC(=O)C(=O)c2c(OC)cccc2OC)C(=O)N(CC(=O)N[C@H]2CC(=O)O[C@H]2OCc2ccccc2)c2ccccc21. The maximum Gasteiger partial charge on any atom is 0.310 e. The molecule has 3 aromatic rings. The van der Waals surface area contributed by atoms with Crippen LogP contribution in [0.4, 0.5) is 11.4 Å². The number of Topliss-reactive ketones (excluding diaryl/α,β-unsaturated/α-hetero) is 1. The zero-order valence-corrected chi connectivity index (χ0v) is 27.2. The number of esters is 1. The average Bonchev–Trinajstić information content (AvgIpc) is 3.43. The second-order valence-corrected chi connectivity index (χ2v) is 11.2. The van der Waals surface area contributed by atoms with Crippen LogP contribution in [0.1, 0.15) is 35.7 Å². The van der Waals surface area contributed by atoms with Crippen LogP contribution in [-0.2, 0) is 40.1 Å². The number of ketones is 1. The van der Waals surface area contributed by atoms with Gasteiger partial charge in [-0.1, -0.05) is 55.5 Å². The first-order chi connectivity index (χ1) is 23.6. The number of anilines is 2. The molecular formula is C35H36N4O10. The van der Waals surface area contributed by atoms with Gasteiger partial charge in [0.05, 0.1) is 45.2 Å². The number of fused-ring (bicyclic) bond motifs is 1. The number of methoxy groups -OCH3 is 2. The lowest BCUT2D eigenvalue weighted by Crippen LogP contribution is -2.56. The van der Waals surface area contributed by atoms with Crippen molar-refractivity contribution in [3.63, 3.8) is 0 Å². The summed E-state index contributed by atoms with van der Waals surface area (Å²) in [6.45, 7) is 0.907. The van der Waals surface area contributed by atoms with Gasteiger partial charge in [0.25, 0.3) is 17.6 Å². The Hall–Kier alpha value is -5.76. The number of amides is 4. The molecule has 14 nitrogen and oxygen atoms in total. The van der Waals surface area contributed by atoms with Gasteiger partial charge in [-0.25, -0.2) is 0 Å². The van der Waals surface area contributed by atoms with Gasteiger partial charge < -0.3 is 34.5 Å². The van der Waals surface area contributed by atoms with Crippen LogP contribution in [0, 0.1) is 0 Å². The Morgan fingerprint density at radius 2 is 1.51 bits per heavy atom. The molecule has 49 heavy (non-hydrogen) atoms. The molecule has 2 N–H and O–H groups in total. The Morgan fingerprint density at radius 3 is 2.16 bits per heavy atom. The van der Waals surface area contributed by atoms with Crippen molar-refractivity contribution in [2.45, 2.75) is 44.7 Å². The molecule has 14 heteroatoms. The third-order valence-electron chi connectivity index (χ3n) is 8.03. The fourth-order valence-corrected chi connectivity index (χ4v) is 5.65. The number of carbonyl (C=O) groups excluding carboxylic acids is 6. The van der Waals surface area contributed by atoms with Crippen molar-refractivity contribution in [1.82, 2.24) is 10.6 Å². The van der Waals surface area contributed by atoms with Crippen LogP contribution in [0.5, 0.6) is 11.5 Å². The molecule has 0 bridgehead atoms. The van der Waals surface area contributed by atoms with E-state index >= 15 is 0 Å². The number of nitrogens with one attached hydrogen (secondary N) is 2. The van der Waals surface area contributed by atoms with Crippen LogP contribution >= 0.6 is 0 Å². The van der Waals surface area contributed by atoms with Crippen LogP contribution in [0.3, 0.4) is 0 Å². The van der Waals surface area contributed by atoms with Crippen LogP contribution in [-0.4, -0.2) is 81.1 Å². The minimum atomic E-state index is -1.44. The second kappa shape index (κ2) is 15.4. The van der Waals surface area contributed by atoms with Crippen molar-refractivity contribution in [3.05, 3.63) is 83.9 Å². The zero-order valence-electron chi connectivity index (χ0n) is 27.2. The van der Waals surface area contributed by atoms with E-state index in [0.29, 0.717) is 5.69 Å². The van der Waals surface area contributed by atoms with Gasteiger partial charge in [0.2, 0.25) is 18.1 Å². The number of benzene rings is 3. The van der Waals surface area contributed by atoms with E-state index in [1.165, 1.54) is 31.3 Å². The van der Waals surface area contributed by atoms with Gasteiger partial charge in [0, 0.05) is 6.42 Å². The monoisotopic (exact) mass is 672 g/mol. The zero-order chi connectivity index (χ0) is 35.1. The summed E-state index contributed by atoms with van der Waals surface area (Å²) in [6.07, 6.45) is -1.14. The molecule has 5 rings (SSSR count). The Balaban J connectivity index is 1.39. The minimum absolute atomic E-state index is 0.0705. The lowest BCUT2D eigenvalue weighted by molar-refractivity contribution is -0.168. The molecule has 2 aliphatic heterocycles. The first kappa shape index (κ1) is 34.6. The van der Waals surface area contributed by atoms with E-state index in [1.807, 2.05) is 30.3 Å². The minimum Gasteiger partial charge on any atom is -0.496 e. The summed E-state index contributed by atoms with van der Waals surface area (Å²) in [6, 6.07) is 18.0. The predicted octanol–water partition coefficient (Wildman–Crippen LogP) is 2.14. The number of nitrogens with zero attached hydrogens (tertiary/aromatic N) is 2. The molecule has 0 saturated carbocycles. The van der Waals surface area contributed by atoms with Gasteiger partial charge in [-0.05, 0) is 29.8 Å². The summed E-state index contributed by atoms with van der Waals surface area (Å²) in [5.41, 5.74) is 1.25. The maximum absolute atomic E-state index is 14.2. The quantitative estimate of drug-likeness (QED) is 0.165. The largest absolute Gasteiger partial charge is 0.496 e. The Kier molecular flexibility index (Phi) is 10.9. The van der Waals surface area contributed by atoms with Crippen LogP contribution in [0.15, 0.2) is 72.8 Å². The summed E-state index contributed by atoms with van der Waals surface area (Å²) in [4.78, 5) is 82.4. The molecule has 2 heterocycles. The highest BCUT2D eigenvalue weighted by molar-refractivity contribution is 6.44. The van der Waals surface area contributed by atoms with Gasteiger partial charge >= 0.3 is 5.97 Å². The molecule has 0 spiro atoms. The van der Waals surface area contributed by atoms with E-state index in [4.69, 9.17) is 18.9 Å². The van der Waals surface area contributed by atoms with Crippen molar-refractivity contribution in [1.29, 1.82) is 0 Å². The number of para-hydroxylation sites is 2. The lowest BCUT2D eigenvalue weighted by Gasteiger charge is -2.26. The number of ether oxygens (including phenoxy) is 4. The number of cyclic esters (lactones) is 1. The number of hydrogen-bond acceptors (Lipinski definition) is 10. The van der Waals surface area contributed by atoms with E-state index in [0.717, 1.165) is 10.5 Å². The summed E-state index contributed by atoms with van der Waals surface area (Å²) in [5.74, 6) is -4.35. The Bertz CT molecular complexity index is 1720. The van der Waals surface area contributed by atoms with Crippen molar-refractivity contribution in [2.75, 3.05) is 37.1 Å². The van der Waals surface area contributed by atoms with Crippen LogP contribution < -0.4 is 29.9 Å². The predicted molar refractivity (Wildman–Crippen MR) is 175 cm³/mol. The smallest absolute Gasteiger partial charge is 0.310 e. The molecule has 3 atom stereocenters. The summed E-state index contributed by atoms with van der Waals surface area (Å²) in [5, 5.41) is 5.20. The molecule has 256 valence electrons. The van der Waals surface area contributed by atoms with Crippen LogP contribution in [0.25, 0.3) is 0 Å².